The molecule has 5 nitrogen and oxygen atoms in total. The smallest absolute Gasteiger partial charge is 0.255 e. The predicted octanol–water partition coefficient (Wildman–Crippen LogP) is 4.56. The van der Waals surface area contributed by atoms with E-state index in [1.54, 1.807) is 18.1 Å². The van der Waals surface area contributed by atoms with Crippen LogP contribution in [0.3, 0.4) is 0 Å². The Hall–Kier alpha value is -3.67. The number of fused-ring (bicyclic) bond motifs is 1. The van der Waals surface area contributed by atoms with Gasteiger partial charge in [-0.15, -0.1) is 0 Å². The molecule has 1 aliphatic rings. The third-order valence-corrected chi connectivity index (χ3v) is 5.23. The summed E-state index contributed by atoms with van der Waals surface area (Å²) in [5.74, 6) is -0.0268. The van der Waals surface area contributed by atoms with Crippen LogP contribution in [0.4, 0.5) is 10.1 Å². The van der Waals surface area contributed by atoms with E-state index in [1.807, 2.05) is 42.5 Å². The third-order valence-electron chi connectivity index (χ3n) is 5.23. The fourth-order valence-corrected chi connectivity index (χ4v) is 3.68. The number of nitrogens with zero attached hydrogens (tertiary/aromatic N) is 1. The molecule has 0 spiro atoms. The number of hydrogen-bond donors (Lipinski definition) is 1. The van der Waals surface area contributed by atoms with E-state index in [4.69, 9.17) is 4.74 Å². The lowest BCUT2D eigenvalue weighted by atomic mass is 10.0. The molecule has 0 aromatic heterocycles. The first kappa shape index (κ1) is 19.6. The lowest BCUT2D eigenvalue weighted by Crippen LogP contribution is -2.32. The molecule has 1 N–H and O–H groups in total. The summed E-state index contributed by atoms with van der Waals surface area (Å²) < 4.78 is 18.4. The van der Waals surface area contributed by atoms with E-state index in [-0.39, 0.29) is 24.1 Å². The Labute approximate surface area is 174 Å². The molecule has 3 aromatic rings. The van der Waals surface area contributed by atoms with Crippen molar-refractivity contribution in [2.75, 3.05) is 12.4 Å². The Morgan fingerprint density at radius 3 is 2.43 bits per heavy atom. The molecule has 1 aliphatic heterocycles. The van der Waals surface area contributed by atoms with Crippen molar-refractivity contribution in [2.45, 2.75) is 19.0 Å². The molecule has 6 heteroatoms. The largest absolute Gasteiger partial charge is 0.497 e. The van der Waals surface area contributed by atoms with Gasteiger partial charge < -0.3 is 15.0 Å². The summed E-state index contributed by atoms with van der Waals surface area (Å²) in [5, 5.41) is 2.78. The van der Waals surface area contributed by atoms with Gasteiger partial charge in [0.25, 0.3) is 5.91 Å². The number of amides is 2. The number of benzene rings is 3. The second-order valence-corrected chi connectivity index (χ2v) is 7.14. The van der Waals surface area contributed by atoms with Gasteiger partial charge in [0.05, 0.1) is 19.6 Å². The number of methoxy groups -OCH3 is 1. The zero-order chi connectivity index (χ0) is 21.1. The topological polar surface area (TPSA) is 58.6 Å². The van der Waals surface area contributed by atoms with E-state index in [1.165, 1.54) is 24.3 Å². The number of carbonyl (C=O) groups excluding carboxylic acids is 2. The fraction of sp³-hybridized carbons (Fsp3) is 0.167. The minimum absolute atomic E-state index is 0.0729. The van der Waals surface area contributed by atoms with Gasteiger partial charge in [0.1, 0.15) is 11.6 Å². The van der Waals surface area contributed by atoms with Crippen LogP contribution >= 0.6 is 0 Å². The van der Waals surface area contributed by atoms with Gasteiger partial charge in [-0.2, -0.15) is 0 Å². The molecule has 0 saturated heterocycles. The van der Waals surface area contributed by atoms with E-state index < -0.39 is 6.04 Å². The van der Waals surface area contributed by atoms with Crippen molar-refractivity contribution in [3.05, 3.63) is 95.3 Å². The van der Waals surface area contributed by atoms with E-state index in [2.05, 4.69) is 5.32 Å². The number of rotatable bonds is 6. The maximum atomic E-state index is 13.1. The molecule has 1 heterocycles. The highest BCUT2D eigenvalue weighted by Gasteiger charge is 2.34. The molecular formula is C24H21FN2O3. The molecule has 4 rings (SSSR count). The van der Waals surface area contributed by atoms with Crippen molar-refractivity contribution in [3.63, 3.8) is 0 Å². The number of halogens is 1. The first-order valence-corrected chi connectivity index (χ1v) is 9.63. The average molecular weight is 404 g/mol. The quantitative estimate of drug-likeness (QED) is 0.655. The summed E-state index contributed by atoms with van der Waals surface area (Å²) in [6.45, 7) is 0.440. The van der Waals surface area contributed by atoms with Crippen molar-refractivity contribution < 1.29 is 18.7 Å². The molecule has 30 heavy (non-hydrogen) atoms. The van der Waals surface area contributed by atoms with Crippen LogP contribution in [-0.4, -0.2) is 23.8 Å². The molecular weight excluding hydrogens is 383 g/mol. The molecule has 152 valence electrons. The van der Waals surface area contributed by atoms with Crippen LogP contribution in [0.2, 0.25) is 0 Å². The van der Waals surface area contributed by atoms with E-state index in [0.717, 1.165) is 11.1 Å². The summed E-state index contributed by atoms with van der Waals surface area (Å²) >= 11 is 0. The van der Waals surface area contributed by atoms with Crippen LogP contribution in [0, 0.1) is 5.82 Å². The molecule has 1 unspecified atom stereocenters. The van der Waals surface area contributed by atoms with Crippen LogP contribution in [0.5, 0.6) is 5.75 Å². The number of hydrogen-bond acceptors (Lipinski definition) is 3. The lowest BCUT2D eigenvalue weighted by molar-refractivity contribution is -0.117. The zero-order valence-corrected chi connectivity index (χ0v) is 16.5. The van der Waals surface area contributed by atoms with Crippen molar-refractivity contribution in [3.8, 4) is 5.75 Å². The van der Waals surface area contributed by atoms with E-state index in [0.29, 0.717) is 23.5 Å². The highest BCUT2D eigenvalue weighted by Crippen LogP contribution is 2.34. The van der Waals surface area contributed by atoms with Gasteiger partial charge in [-0.05, 0) is 53.6 Å². The van der Waals surface area contributed by atoms with Crippen LogP contribution in [-0.2, 0) is 11.3 Å². The molecule has 0 radical (unpaired) electrons. The molecule has 0 saturated carbocycles. The maximum Gasteiger partial charge on any atom is 0.255 e. The zero-order valence-electron chi connectivity index (χ0n) is 16.5. The van der Waals surface area contributed by atoms with Crippen molar-refractivity contribution in [2.24, 2.45) is 0 Å². The summed E-state index contributed by atoms with van der Waals surface area (Å²) in [7, 11) is 1.59. The normalized spacial score (nSPS) is 13.7. The highest BCUT2D eigenvalue weighted by atomic mass is 19.1. The first-order chi connectivity index (χ1) is 14.5. The minimum Gasteiger partial charge on any atom is -0.497 e. The van der Waals surface area contributed by atoms with Crippen molar-refractivity contribution in [1.29, 1.82) is 0 Å². The molecule has 0 fully saturated rings. The second-order valence-electron chi connectivity index (χ2n) is 7.14. The van der Waals surface area contributed by atoms with Gasteiger partial charge in [0.15, 0.2) is 0 Å². The lowest BCUT2D eigenvalue weighted by Gasteiger charge is -2.28. The summed E-state index contributed by atoms with van der Waals surface area (Å²) in [6, 6.07) is 20.0. The van der Waals surface area contributed by atoms with E-state index >= 15 is 0 Å². The molecule has 2 amide bonds. The SMILES string of the molecule is COc1ccc(C(CC(=O)Nc2ccc(F)cc2)N2Cc3ccccc3C2=O)cc1. The maximum absolute atomic E-state index is 13.1. The molecule has 3 aromatic carbocycles. The summed E-state index contributed by atoms with van der Waals surface area (Å²) in [6.07, 6.45) is 0.0729. The molecule has 1 atom stereocenters. The van der Waals surface area contributed by atoms with Gasteiger partial charge in [-0.3, -0.25) is 9.59 Å². The van der Waals surface area contributed by atoms with Crippen LogP contribution in [0.1, 0.15) is 33.9 Å². The minimum atomic E-state index is -0.448. The highest BCUT2D eigenvalue weighted by molar-refractivity contribution is 5.99. The fourth-order valence-electron chi connectivity index (χ4n) is 3.68. The average Bonchev–Trinajstić information content (AvgIpc) is 3.10. The Morgan fingerprint density at radius 1 is 1.07 bits per heavy atom. The van der Waals surface area contributed by atoms with Crippen LogP contribution in [0.15, 0.2) is 72.8 Å². The standard InChI is InChI=1S/C24H21FN2O3/c1-30-20-12-6-16(7-13-20)22(14-23(28)26-19-10-8-18(25)9-11-19)27-15-17-4-2-3-5-21(17)24(27)29/h2-13,22H,14-15H2,1H3,(H,26,28). The Bertz CT molecular complexity index is 1060. The van der Waals surface area contributed by atoms with Crippen molar-refractivity contribution in [1.82, 2.24) is 4.90 Å². The number of nitrogens with one attached hydrogen (secondary N) is 1. The van der Waals surface area contributed by atoms with Gasteiger partial charge in [-0.25, -0.2) is 4.39 Å². The van der Waals surface area contributed by atoms with Gasteiger partial charge in [0.2, 0.25) is 5.91 Å². The number of carbonyl (C=O) groups is 2. The van der Waals surface area contributed by atoms with Gasteiger partial charge in [0, 0.05) is 17.8 Å². The Morgan fingerprint density at radius 2 is 1.77 bits per heavy atom. The van der Waals surface area contributed by atoms with E-state index in [9.17, 15) is 14.0 Å². The monoisotopic (exact) mass is 404 g/mol. The molecule has 0 aliphatic carbocycles. The summed E-state index contributed by atoms with van der Waals surface area (Å²) in [5.41, 5.74) is 2.95. The molecule has 0 bridgehead atoms. The Balaban J connectivity index is 1.59. The number of ether oxygens (including phenoxy) is 1. The van der Waals surface area contributed by atoms with Crippen LogP contribution in [0.25, 0.3) is 0 Å². The van der Waals surface area contributed by atoms with Crippen LogP contribution < -0.4 is 10.1 Å². The first-order valence-electron chi connectivity index (χ1n) is 9.63. The number of anilines is 1. The second kappa shape index (κ2) is 8.37. The Kier molecular flexibility index (Phi) is 5.48. The summed E-state index contributed by atoms with van der Waals surface area (Å²) in [4.78, 5) is 27.5. The van der Waals surface area contributed by atoms with Crippen molar-refractivity contribution >= 4 is 17.5 Å². The third kappa shape index (κ3) is 4.03. The predicted molar refractivity (Wildman–Crippen MR) is 112 cm³/mol. The van der Waals surface area contributed by atoms with Gasteiger partial charge >= 0.3 is 0 Å². The van der Waals surface area contributed by atoms with Gasteiger partial charge in [-0.1, -0.05) is 30.3 Å².